The zero-order valence-corrected chi connectivity index (χ0v) is 8.91. The maximum Gasteiger partial charge on any atom is 0.205 e. The third-order valence-corrected chi connectivity index (χ3v) is 2.45. The van der Waals surface area contributed by atoms with Crippen molar-refractivity contribution in [2.45, 2.75) is 0 Å². The van der Waals surface area contributed by atoms with Gasteiger partial charge in [0, 0.05) is 17.3 Å². The van der Waals surface area contributed by atoms with Crippen LogP contribution in [0, 0.1) is 0 Å². The van der Waals surface area contributed by atoms with Crippen molar-refractivity contribution in [3.05, 3.63) is 48.7 Å². The third kappa shape index (κ3) is 1.78. The van der Waals surface area contributed by atoms with Gasteiger partial charge in [0.1, 0.15) is 0 Å². The van der Waals surface area contributed by atoms with Crippen LogP contribution in [-0.4, -0.2) is 25.6 Å². The van der Waals surface area contributed by atoms with Gasteiger partial charge in [-0.05, 0) is 17.3 Å². The van der Waals surface area contributed by atoms with E-state index in [9.17, 15) is 0 Å². The first-order valence-corrected chi connectivity index (χ1v) is 5.19. The molecule has 0 fully saturated rings. The van der Waals surface area contributed by atoms with Crippen LogP contribution < -0.4 is 0 Å². The van der Waals surface area contributed by atoms with Gasteiger partial charge >= 0.3 is 0 Å². The predicted octanol–water partition coefficient (Wildman–Crippen LogP) is 1.93. The predicted molar refractivity (Wildman–Crippen MR) is 62.8 cm³/mol. The molecule has 5 nitrogen and oxygen atoms in total. The number of hydrogen-bond donors (Lipinski definition) is 1. The Kier molecular flexibility index (Phi) is 2.34. The molecule has 0 aliphatic rings. The van der Waals surface area contributed by atoms with E-state index in [1.165, 1.54) is 0 Å². The summed E-state index contributed by atoms with van der Waals surface area (Å²) in [6, 6.07) is 13.7. The second-order valence-electron chi connectivity index (χ2n) is 3.50. The highest BCUT2D eigenvalue weighted by Gasteiger charge is 2.10. The number of rotatable bonds is 2. The van der Waals surface area contributed by atoms with E-state index in [0.29, 0.717) is 5.82 Å². The van der Waals surface area contributed by atoms with E-state index < -0.39 is 0 Å². The van der Waals surface area contributed by atoms with E-state index in [2.05, 4.69) is 25.6 Å². The smallest absolute Gasteiger partial charge is 0.205 e. The average Bonchev–Trinajstić information content (AvgIpc) is 2.94. The van der Waals surface area contributed by atoms with Crippen LogP contribution in [0.25, 0.3) is 22.6 Å². The molecule has 0 atom stereocenters. The van der Waals surface area contributed by atoms with Gasteiger partial charge in [-0.1, -0.05) is 30.3 Å². The fraction of sp³-hybridized carbons (Fsp3) is 0. The van der Waals surface area contributed by atoms with Crippen molar-refractivity contribution in [1.29, 1.82) is 0 Å². The molecule has 17 heavy (non-hydrogen) atoms. The molecule has 2 aromatic heterocycles. The normalized spacial score (nSPS) is 10.4. The number of tetrazole rings is 1. The second kappa shape index (κ2) is 4.13. The molecule has 2 heterocycles. The molecular weight excluding hydrogens is 214 g/mol. The summed E-state index contributed by atoms with van der Waals surface area (Å²) in [5.41, 5.74) is 2.81. The molecule has 0 spiro atoms. The Bertz CT molecular complexity index is 604. The van der Waals surface area contributed by atoms with Crippen LogP contribution in [0.5, 0.6) is 0 Å². The van der Waals surface area contributed by atoms with Crippen molar-refractivity contribution in [3.63, 3.8) is 0 Å². The summed E-state index contributed by atoms with van der Waals surface area (Å²) < 4.78 is 0. The van der Waals surface area contributed by atoms with Gasteiger partial charge in [-0.2, -0.15) is 5.21 Å². The van der Waals surface area contributed by atoms with Crippen molar-refractivity contribution in [3.8, 4) is 22.6 Å². The topological polar surface area (TPSA) is 67.3 Å². The summed E-state index contributed by atoms with van der Waals surface area (Å²) in [7, 11) is 0. The summed E-state index contributed by atoms with van der Waals surface area (Å²) in [4.78, 5) is 4.33. The first kappa shape index (κ1) is 9.65. The van der Waals surface area contributed by atoms with Crippen molar-refractivity contribution >= 4 is 0 Å². The van der Waals surface area contributed by atoms with E-state index in [4.69, 9.17) is 0 Å². The van der Waals surface area contributed by atoms with E-state index in [1.54, 1.807) is 6.20 Å². The van der Waals surface area contributed by atoms with Gasteiger partial charge in [0.25, 0.3) is 0 Å². The van der Waals surface area contributed by atoms with Crippen LogP contribution in [0.2, 0.25) is 0 Å². The molecule has 0 aliphatic carbocycles. The molecule has 0 amide bonds. The molecule has 0 aliphatic heterocycles. The highest BCUT2D eigenvalue weighted by Crippen LogP contribution is 2.27. The van der Waals surface area contributed by atoms with Gasteiger partial charge in [0.2, 0.25) is 5.82 Å². The molecule has 0 bridgehead atoms. The minimum absolute atomic E-state index is 0.575. The zero-order chi connectivity index (χ0) is 11.5. The van der Waals surface area contributed by atoms with E-state index in [-0.39, 0.29) is 0 Å². The second-order valence-corrected chi connectivity index (χ2v) is 3.50. The number of aromatic amines is 1. The largest absolute Gasteiger partial charge is 0.256 e. The van der Waals surface area contributed by atoms with Gasteiger partial charge in [0.15, 0.2) is 0 Å². The van der Waals surface area contributed by atoms with Gasteiger partial charge in [-0.3, -0.25) is 4.98 Å². The number of aromatic nitrogens is 5. The molecule has 3 aromatic rings. The van der Waals surface area contributed by atoms with Gasteiger partial charge in [-0.15, -0.1) is 10.2 Å². The standard InChI is InChI=1S/C12H9N5/c1-2-6-10(12-14-16-17-15-12)9(5-1)11-7-3-4-8-13-11/h1-8H,(H,14,15,16,17). The minimum atomic E-state index is 0.575. The summed E-state index contributed by atoms with van der Waals surface area (Å²) in [6.45, 7) is 0. The summed E-state index contributed by atoms with van der Waals surface area (Å²) in [5, 5.41) is 14.0. The maximum absolute atomic E-state index is 4.33. The summed E-state index contributed by atoms with van der Waals surface area (Å²) >= 11 is 0. The highest BCUT2D eigenvalue weighted by atomic mass is 15.5. The molecule has 0 unspecified atom stereocenters. The first-order chi connectivity index (χ1) is 8.45. The Balaban J connectivity index is 2.18. The summed E-state index contributed by atoms with van der Waals surface area (Å²) in [6.07, 6.45) is 1.77. The number of benzene rings is 1. The average molecular weight is 223 g/mol. The Morgan fingerprint density at radius 2 is 1.71 bits per heavy atom. The SMILES string of the molecule is c1ccc(-c2ccccc2-c2nn[nH]n2)nc1. The lowest BCUT2D eigenvalue weighted by atomic mass is 10.0. The fourth-order valence-electron chi connectivity index (χ4n) is 1.70. The molecule has 1 N–H and O–H groups in total. The van der Waals surface area contributed by atoms with Crippen LogP contribution in [0.3, 0.4) is 0 Å². The van der Waals surface area contributed by atoms with Crippen LogP contribution in [0.4, 0.5) is 0 Å². The molecule has 0 saturated carbocycles. The lowest BCUT2D eigenvalue weighted by Gasteiger charge is -2.04. The molecular formula is C12H9N5. The molecule has 0 radical (unpaired) electrons. The lowest BCUT2D eigenvalue weighted by Crippen LogP contribution is -1.88. The van der Waals surface area contributed by atoms with E-state index >= 15 is 0 Å². The number of nitrogens with zero attached hydrogens (tertiary/aromatic N) is 4. The van der Waals surface area contributed by atoms with Crippen molar-refractivity contribution in [2.24, 2.45) is 0 Å². The van der Waals surface area contributed by atoms with E-state index in [0.717, 1.165) is 16.8 Å². The molecule has 1 aromatic carbocycles. The quantitative estimate of drug-likeness (QED) is 0.720. The number of H-pyrrole nitrogens is 1. The van der Waals surface area contributed by atoms with Gasteiger partial charge in [-0.25, -0.2) is 0 Å². The van der Waals surface area contributed by atoms with Crippen molar-refractivity contribution in [2.75, 3.05) is 0 Å². The van der Waals surface area contributed by atoms with E-state index in [1.807, 2.05) is 42.5 Å². The number of pyridine rings is 1. The number of hydrogen-bond acceptors (Lipinski definition) is 4. The maximum atomic E-state index is 4.33. The van der Waals surface area contributed by atoms with Gasteiger partial charge in [0.05, 0.1) is 5.69 Å². The van der Waals surface area contributed by atoms with Crippen LogP contribution >= 0.6 is 0 Å². The Morgan fingerprint density at radius 1 is 0.882 bits per heavy atom. The minimum Gasteiger partial charge on any atom is -0.256 e. The molecule has 3 rings (SSSR count). The van der Waals surface area contributed by atoms with Crippen LogP contribution in [0.15, 0.2) is 48.7 Å². The highest BCUT2D eigenvalue weighted by molar-refractivity contribution is 5.78. The zero-order valence-electron chi connectivity index (χ0n) is 8.91. The number of nitrogens with one attached hydrogen (secondary N) is 1. The van der Waals surface area contributed by atoms with Gasteiger partial charge < -0.3 is 0 Å². The summed E-state index contributed by atoms with van der Waals surface area (Å²) in [5.74, 6) is 0.575. The molecule has 0 saturated heterocycles. The molecule has 82 valence electrons. The third-order valence-electron chi connectivity index (χ3n) is 2.45. The Morgan fingerprint density at radius 3 is 2.41 bits per heavy atom. The first-order valence-electron chi connectivity index (χ1n) is 5.19. The monoisotopic (exact) mass is 223 g/mol. The lowest BCUT2D eigenvalue weighted by molar-refractivity contribution is 0.881. The van der Waals surface area contributed by atoms with Crippen molar-refractivity contribution < 1.29 is 0 Å². The fourth-order valence-corrected chi connectivity index (χ4v) is 1.70. The molecule has 5 heteroatoms. The Hall–Kier alpha value is -2.56. The van der Waals surface area contributed by atoms with Crippen molar-refractivity contribution in [1.82, 2.24) is 25.6 Å². The van der Waals surface area contributed by atoms with Crippen LogP contribution in [-0.2, 0) is 0 Å². The Labute approximate surface area is 97.5 Å². The van der Waals surface area contributed by atoms with Crippen LogP contribution in [0.1, 0.15) is 0 Å².